The molecule has 0 fully saturated rings. The zero-order chi connectivity index (χ0) is 25.3. The SMILES string of the molecule is CCCCCCc1sc(-c2cc(-c3cc(C)[nH]n3)nc(-c3cc(C(F)(F)F)[nH]n3)c2)c2c1OCCO2. The van der Waals surface area contributed by atoms with Gasteiger partial charge in [0.1, 0.15) is 30.3 Å². The van der Waals surface area contributed by atoms with Crippen LogP contribution in [-0.4, -0.2) is 38.6 Å². The molecule has 4 aromatic rings. The first kappa shape index (κ1) is 24.4. The molecule has 36 heavy (non-hydrogen) atoms. The number of thiophene rings is 1. The van der Waals surface area contributed by atoms with Gasteiger partial charge in [0.2, 0.25) is 0 Å². The number of aromatic amines is 2. The number of nitrogens with one attached hydrogen (secondary N) is 2. The van der Waals surface area contributed by atoms with Crippen molar-refractivity contribution in [1.29, 1.82) is 0 Å². The van der Waals surface area contributed by atoms with Crippen LogP contribution in [0, 0.1) is 6.92 Å². The third kappa shape index (κ3) is 4.97. The molecule has 0 radical (unpaired) electrons. The van der Waals surface area contributed by atoms with Crippen molar-refractivity contribution < 1.29 is 22.6 Å². The third-order valence-corrected chi connectivity index (χ3v) is 7.19. The Morgan fingerprint density at radius 1 is 0.889 bits per heavy atom. The van der Waals surface area contributed by atoms with Gasteiger partial charge in [-0.1, -0.05) is 26.2 Å². The fourth-order valence-electron chi connectivity index (χ4n) is 4.15. The molecule has 190 valence electrons. The minimum Gasteiger partial charge on any atom is -0.485 e. The van der Waals surface area contributed by atoms with Gasteiger partial charge in [0.25, 0.3) is 0 Å². The molecule has 0 spiro atoms. The van der Waals surface area contributed by atoms with Crippen LogP contribution >= 0.6 is 11.3 Å². The smallest absolute Gasteiger partial charge is 0.432 e. The summed E-state index contributed by atoms with van der Waals surface area (Å²) in [4.78, 5) is 6.57. The van der Waals surface area contributed by atoms with E-state index in [1.54, 1.807) is 17.4 Å². The van der Waals surface area contributed by atoms with E-state index in [2.05, 4.69) is 32.3 Å². The molecule has 7 nitrogen and oxygen atoms in total. The molecule has 5 rings (SSSR count). The van der Waals surface area contributed by atoms with Crippen LogP contribution < -0.4 is 9.47 Å². The Kier molecular flexibility index (Phi) is 6.74. The largest absolute Gasteiger partial charge is 0.485 e. The average Bonchev–Trinajstić information content (AvgIpc) is 3.60. The molecule has 0 saturated carbocycles. The van der Waals surface area contributed by atoms with Crippen molar-refractivity contribution in [3.05, 3.63) is 40.5 Å². The Hall–Kier alpha value is -3.34. The van der Waals surface area contributed by atoms with Crippen molar-refractivity contribution in [2.45, 2.75) is 52.1 Å². The van der Waals surface area contributed by atoms with E-state index in [4.69, 9.17) is 9.47 Å². The summed E-state index contributed by atoms with van der Waals surface area (Å²) in [5.74, 6) is 1.45. The summed E-state index contributed by atoms with van der Waals surface area (Å²) in [6, 6.07) is 6.42. The number of pyridine rings is 1. The average molecular weight is 518 g/mol. The molecule has 0 unspecified atom stereocenters. The van der Waals surface area contributed by atoms with E-state index in [0.717, 1.165) is 58.5 Å². The maximum Gasteiger partial charge on any atom is 0.432 e. The summed E-state index contributed by atoms with van der Waals surface area (Å²) in [6.45, 7) is 4.97. The highest BCUT2D eigenvalue weighted by molar-refractivity contribution is 7.16. The van der Waals surface area contributed by atoms with Gasteiger partial charge in [-0.05, 0) is 49.6 Å². The number of ether oxygens (including phenoxy) is 2. The van der Waals surface area contributed by atoms with Gasteiger partial charge in [0.15, 0.2) is 11.5 Å². The summed E-state index contributed by atoms with van der Waals surface area (Å²) in [5.41, 5.74) is 2.19. The number of aryl methyl sites for hydroxylation is 2. The van der Waals surface area contributed by atoms with Crippen molar-refractivity contribution in [2.24, 2.45) is 0 Å². The molecule has 0 aromatic carbocycles. The number of fused-ring (bicyclic) bond motifs is 1. The summed E-state index contributed by atoms with van der Waals surface area (Å²) >= 11 is 1.59. The highest BCUT2D eigenvalue weighted by Crippen LogP contribution is 2.50. The molecule has 0 bridgehead atoms. The lowest BCUT2D eigenvalue weighted by Crippen LogP contribution is -2.15. The van der Waals surface area contributed by atoms with Gasteiger partial charge in [0, 0.05) is 5.69 Å². The van der Waals surface area contributed by atoms with Gasteiger partial charge < -0.3 is 9.47 Å². The monoisotopic (exact) mass is 517 g/mol. The number of nitrogens with zero attached hydrogens (tertiary/aromatic N) is 3. The van der Waals surface area contributed by atoms with Crippen LogP contribution in [0.3, 0.4) is 0 Å². The van der Waals surface area contributed by atoms with Crippen LogP contribution in [0.5, 0.6) is 11.5 Å². The number of hydrogen-bond donors (Lipinski definition) is 2. The number of rotatable bonds is 8. The quantitative estimate of drug-likeness (QED) is 0.251. The van der Waals surface area contributed by atoms with Crippen molar-refractivity contribution in [1.82, 2.24) is 25.4 Å². The first-order chi connectivity index (χ1) is 17.3. The fourth-order valence-corrected chi connectivity index (χ4v) is 5.37. The van der Waals surface area contributed by atoms with Crippen molar-refractivity contribution in [3.63, 3.8) is 0 Å². The normalized spacial score (nSPS) is 13.4. The molecule has 4 aromatic heterocycles. The minimum atomic E-state index is -4.53. The molecular formula is C25H26F3N5O2S. The van der Waals surface area contributed by atoms with E-state index >= 15 is 0 Å². The first-order valence-corrected chi connectivity index (χ1v) is 12.7. The Morgan fingerprint density at radius 2 is 1.58 bits per heavy atom. The fraction of sp³-hybridized carbons (Fsp3) is 0.400. The third-order valence-electron chi connectivity index (χ3n) is 5.93. The van der Waals surface area contributed by atoms with Gasteiger partial charge in [-0.25, -0.2) is 4.98 Å². The molecule has 0 amide bonds. The molecule has 0 atom stereocenters. The molecule has 0 saturated heterocycles. The first-order valence-electron chi connectivity index (χ1n) is 11.9. The van der Waals surface area contributed by atoms with Crippen LogP contribution in [-0.2, 0) is 12.6 Å². The Bertz CT molecular complexity index is 1360. The summed E-state index contributed by atoms with van der Waals surface area (Å²) in [5, 5.41) is 13.2. The Labute approximate surface area is 210 Å². The Morgan fingerprint density at radius 3 is 2.22 bits per heavy atom. The van der Waals surface area contributed by atoms with Crippen LogP contribution in [0.1, 0.15) is 48.9 Å². The minimum absolute atomic E-state index is 0.0973. The van der Waals surface area contributed by atoms with E-state index < -0.39 is 11.9 Å². The van der Waals surface area contributed by atoms with Crippen LogP contribution in [0.4, 0.5) is 13.2 Å². The number of alkyl halides is 3. The van der Waals surface area contributed by atoms with Gasteiger partial charge in [0.05, 0.1) is 21.1 Å². The van der Waals surface area contributed by atoms with Gasteiger partial charge in [-0.15, -0.1) is 11.3 Å². The van der Waals surface area contributed by atoms with Crippen LogP contribution in [0.2, 0.25) is 0 Å². The van der Waals surface area contributed by atoms with Crippen molar-refractivity contribution in [2.75, 3.05) is 13.2 Å². The summed E-state index contributed by atoms with van der Waals surface area (Å²) < 4.78 is 51.7. The molecule has 1 aliphatic heterocycles. The lowest BCUT2D eigenvalue weighted by Gasteiger charge is -2.17. The van der Waals surface area contributed by atoms with Crippen LogP contribution in [0.15, 0.2) is 24.3 Å². The summed E-state index contributed by atoms with van der Waals surface area (Å²) in [7, 11) is 0. The maximum atomic E-state index is 13.2. The Balaban J connectivity index is 1.60. The second kappa shape index (κ2) is 9.96. The predicted molar refractivity (Wildman–Crippen MR) is 131 cm³/mol. The van der Waals surface area contributed by atoms with E-state index in [9.17, 15) is 13.2 Å². The van der Waals surface area contributed by atoms with E-state index in [1.807, 2.05) is 19.1 Å². The van der Waals surface area contributed by atoms with Gasteiger partial charge in [-0.3, -0.25) is 10.2 Å². The maximum absolute atomic E-state index is 13.2. The predicted octanol–water partition coefficient (Wildman–Crippen LogP) is 6.81. The highest BCUT2D eigenvalue weighted by atomic mass is 32.1. The van der Waals surface area contributed by atoms with E-state index in [-0.39, 0.29) is 5.69 Å². The molecule has 1 aliphatic rings. The number of H-pyrrole nitrogens is 2. The summed E-state index contributed by atoms with van der Waals surface area (Å²) in [6.07, 6.45) is 0.885. The van der Waals surface area contributed by atoms with Crippen molar-refractivity contribution >= 4 is 11.3 Å². The second-order valence-electron chi connectivity index (χ2n) is 8.75. The zero-order valence-electron chi connectivity index (χ0n) is 20.0. The molecule has 5 heterocycles. The topological polar surface area (TPSA) is 88.7 Å². The highest BCUT2D eigenvalue weighted by Gasteiger charge is 2.33. The molecule has 0 aliphatic carbocycles. The molecule has 2 N–H and O–H groups in total. The van der Waals surface area contributed by atoms with Gasteiger partial charge >= 0.3 is 6.18 Å². The second-order valence-corrected chi connectivity index (χ2v) is 9.85. The number of unbranched alkanes of at least 4 members (excludes halogenated alkanes) is 3. The van der Waals surface area contributed by atoms with E-state index in [1.165, 1.54) is 6.42 Å². The standard InChI is InChI=1S/C25H26F3N5O2S/c1-3-4-5-6-7-20-22-23(35-9-8-34-22)24(36-20)15-11-16(18-10-14(2)30-31-18)29-17(12-15)19-13-21(33-32-19)25(26,27)28/h10-13H,3-9H2,1-2H3,(H,30,31)(H,32,33). The molecule has 11 heteroatoms. The lowest BCUT2D eigenvalue weighted by molar-refractivity contribution is -0.141. The van der Waals surface area contributed by atoms with Crippen molar-refractivity contribution in [3.8, 4) is 44.7 Å². The van der Waals surface area contributed by atoms with Crippen LogP contribution in [0.25, 0.3) is 33.2 Å². The van der Waals surface area contributed by atoms with Gasteiger partial charge in [-0.2, -0.15) is 23.4 Å². The number of aromatic nitrogens is 5. The van der Waals surface area contributed by atoms with E-state index in [0.29, 0.717) is 36.0 Å². The number of halogens is 3. The lowest BCUT2D eigenvalue weighted by atomic mass is 10.1. The number of hydrogen-bond acceptors (Lipinski definition) is 6. The molecular weight excluding hydrogens is 491 g/mol. The zero-order valence-corrected chi connectivity index (χ0v) is 20.8.